The number of nitrogens with zero attached hydrogens (tertiary/aromatic N) is 1. The molecular formula is C17H24N2O5S. The van der Waals surface area contributed by atoms with Gasteiger partial charge in [-0.2, -0.15) is 0 Å². The van der Waals surface area contributed by atoms with Crippen LogP contribution in [0.15, 0.2) is 24.3 Å². The molecule has 0 aromatic heterocycles. The molecule has 1 N–H and O–H groups in total. The van der Waals surface area contributed by atoms with E-state index in [0.717, 1.165) is 6.26 Å². The SMILES string of the molecule is COc1cccc(C(=O)N2CCC(C(=O)NCCS(C)(=O)=O)CC2)c1. The molecule has 1 aliphatic heterocycles. The molecular weight excluding hydrogens is 344 g/mol. The standard InChI is InChI=1S/C17H24N2O5S/c1-24-15-5-3-4-14(12-15)17(21)19-9-6-13(7-10-19)16(20)18-8-11-25(2,22)23/h3-5,12-13H,6-11H2,1-2H3,(H,18,20). The van der Waals surface area contributed by atoms with Gasteiger partial charge in [0, 0.05) is 37.4 Å². The summed E-state index contributed by atoms with van der Waals surface area (Å²) in [5.41, 5.74) is 0.565. The van der Waals surface area contributed by atoms with Crippen LogP contribution < -0.4 is 10.1 Å². The number of rotatable bonds is 6. The Morgan fingerprint density at radius 3 is 2.56 bits per heavy atom. The van der Waals surface area contributed by atoms with Crippen LogP contribution in [0.4, 0.5) is 0 Å². The maximum Gasteiger partial charge on any atom is 0.253 e. The van der Waals surface area contributed by atoms with Crippen molar-refractivity contribution in [3.63, 3.8) is 0 Å². The first-order valence-electron chi connectivity index (χ1n) is 8.19. The van der Waals surface area contributed by atoms with E-state index in [-0.39, 0.29) is 30.0 Å². The number of piperidine rings is 1. The fraction of sp³-hybridized carbons (Fsp3) is 0.529. The van der Waals surface area contributed by atoms with Crippen LogP contribution in [0.5, 0.6) is 5.75 Å². The molecule has 0 atom stereocenters. The Balaban J connectivity index is 1.84. The Labute approximate surface area is 148 Å². The fourth-order valence-electron chi connectivity index (χ4n) is 2.79. The molecule has 1 aliphatic rings. The summed E-state index contributed by atoms with van der Waals surface area (Å²) in [6, 6.07) is 7.00. The normalized spacial score (nSPS) is 15.7. The van der Waals surface area contributed by atoms with Gasteiger partial charge in [0.05, 0.1) is 12.9 Å². The van der Waals surface area contributed by atoms with E-state index in [1.54, 1.807) is 36.3 Å². The van der Waals surface area contributed by atoms with Gasteiger partial charge in [0.1, 0.15) is 15.6 Å². The smallest absolute Gasteiger partial charge is 0.253 e. The van der Waals surface area contributed by atoms with Gasteiger partial charge in [-0.3, -0.25) is 9.59 Å². The highest BCUT2D eigenvalue weighted by atomic mass is 32.2. The third kappa shape index (κ3) is 5.74. The molecule has 0 saturated carbocycles. The predicted molar refractivity (Wildman–Crippen MR) is 94.3 cm³/mol. The van der Waals surface area contributed by atoms with E-state index in [9.17, 15) is 18.0 Å². The van der Waals surface area contributed by atoms with Crippen molar-refractivity contribution < 1.29 is 22.7 Å². The highest BCUT2D eigenvalue weighted by Gasteiger charge is 2.27. The topological polar surface area (TPSA) is 92.8 Å². The average Bonchev–Trinajstić information content (AvgIpc) is 2.60. The molecule has 8 heteroatoms. The van der Waals surface area contributed by atoms with E-state index in [0.29, 0.717) is 37.2 Å². The Hall–Kier alpha value is -2.09. The summed E-state index contributed by atoms with van der Waals surface area (Å²) in [4.78, 5) is 26.3. The molecule has 0 unspecified atom stereocenters. The quantitative estimate of drug-likeness (QED) is 0.798. The van der Waals surface area contributed by atoms with E-state index >= 15 is 0 Å². The molecule has 1 aromatic carbocycles. The Morgan fingerprint density at radius 1 is 1.28 bits per heavy atom. The maximum atomic E-state index is 12.5. The van der Waals surface area contributed by atoms with Crippen molar-refractivity contribution in [2.24, 2.45) is 5.92 Å². The van der Waals surface area contributed by atoms with Crippen LogP contribution in [-0.2, 0) is 14.6 Å². The highest BCUT2D eigenvalue weighted by molar-refractivity contribution is 7.90. The molecule has 1 heterocycles. The first-order chi connectivity index (χ1) is 11.8. The minimum atomic E-state index is -3.08. The van der Waals surface area contributed by atoms with E-state index in [1.807, 2.05) is 0 Å². The van der Waals surface area contributed by atoms with E-state index in [2.05, 4.69) is 5.32 Å². The van der Waals surface area contributed by atoms with Gasteiger partial charge < -0.3 is 15.0 Å². The summed E-state index contributed by atoms with van der Waals surface area (Å²) in [6.07, 6.45) is 2.28. The molecule has 138 valence electrons. The van der Waals surface area contributed by atoms with Crippen molar-refractivity contribution in [3.8, 4) is 5.75 Å². The first-order valence-corrected chi connectivity index (χ1v) is 10.2. The number of hydrogen-bond donors (Lipinski definition) is 1. The summed E-state index contributed by atoms with van der Waals surface area (Å²) >= 11 is 0. The monoisotopic (exact) mass is 368 g/mol. The molecule has 25 heavy (non-hydrogen) atoms. The lowest BCUT2D eigenvalue weighted by Crippen LogP contribution is -2.43. The van der Waals surface area contributed by atoms with Crippen molar-refractivity contribution in [1.82, 2.24) is 10.2 Å². The molecule has 0 spiro atoms. The average molecular weight is 368 g/mol. The predicted octanol–water partition coefficient (Wildman–Crippen LogP) is 0.708. The van der Waals surface area contributed by atoms with Crippen LogP contribution in [0.1, 0.15) is 23.2 Å². The Bertz CT molecular complexity index is 724. The van der Waals surface area contributed by atoms with Crippen LogP contribution in [-0.4, -0.2) is 63.9 Å². The number of sulfone groups is 1. The third-order valence-electron chi connectivity index (χ3n) is 4.24. The van der Waals surface area contributed by atoms with Crippen molar-refractivity contribution in [2.75, 3.05) is 38.8 Å². The number of amides is 2. The first kappa shape index (κ1) is 19.2. The van der Waals surface area contributed by atoms with Gasteiger partial charge in [0.25, 0.3) is 5.91 Å². The third-order valence-corrected chi connectivity index (χ3v) is 5.19. The van der Waals surface area contributed by atoms with Gasteiger partial charge in [-0.25, -0.2) is 8.42 Å². The number of hydrogen-bond acceptors (Lipinski definition) is 5. The zero-order valence-corrected chi connectivity index (χ0v) is 15.3. The Kier molecular flexibility index (Phi) is 6.41. The number of likely N-dealkylation sites (tertiary alicyclic amines) is 1. The van der Waals surface area contributed by atoms with Crippen molar-refractivity contribution in [3.05, 3.63) is 29.8 Å². The highest BCUT2D eigenvalue weighted by Crippen LogP contribution is 2.21. The lowest BCUT2D eigenvalue weighted by Gasteiger charge is -2.31. The summed E-state index contributed by atoms with van der Waals surface area (Å²) < 4.78 is 27.3. The van der Waals surface area contributed by atoms with Gasteiger partial charge in [-0.15, -0.1) is 0 Å². The summed E-state index contributed by atoms with van der Waals surface area (Å²) in [7, 11) is -1.53. The molecule has 2 amide bonds. The number of methoxy groups -OCH3 is 1. The van der Waals surface area contributed by atoms with Gasteiger partial charge in [0.2, 0.25) is 5.91 Å². The largest absolute Gasteiger partial charge is 0.497 e. The molecule has 0 bridgehead atoms. The summed E-state index contributed by atoms with van der Waals surface area (Å²) in [6.45, 7) is 1.13. The van der Waals surface area contributed by atoms with Crippen LogP contribution in [0.25, 0.3) is 0 Å². The molecule has 0 radical (unpaired) electrons. The number of carbonyl (C=O) groups excluding carboxylic acids is 2. The zero-order valence-electron chi connectivity index (χ0n) is 14.5. The van der Waals surface area contributed by atoms with E-state index in [4.69, 9.17) is 4.74 Å². The minimum absolute atomic E-state index is 0.0636. The molecule has 7 nitrogen and oxygen atoms in total. The molecule has 2 rings (SSSR count). The number of ether oxygens (including phenoxy) is 1. The van der Waals surface area contributed by atoms with Gasteiger partial charge in [0.15, 0.2) is 0 Å². The van der Waals surface area contributed by atoms with Crippen LogP contribution in [0.2, 0.25) is 0 Å². The van der Waals surface area contributed by atoms with Crippen molar-refractivity contribution in [1.29, 1.82) is 0 Å². The van der Waals surface area contributed by atoms with Crippen LogP contribution in [0.3, 0.4) is 0 Å². The van der Waals surface area contributed by atoms with Crippen molar-refractivity contribution >= 4 is 21.7 Å². The fourth-order valence-corrected chi connectivity index (χ4v) is 3.26. The molecule has 0 aliphatic carbocycles. The summed E-state index contributed by atoms with van der Waals surface area (Å²) in [5, 5.41) is 2.66. The second kappa shape index (κ2) is 8.33. The number of nitrogens with one attached hydrogen (secondary N) is 1. The summed E-state index contributed by atoms with van der Waals surface area (Å²) in [5.74, 6) is 0.165. The van der Waals surface area contributed by atoms with E-state index in [1.165, 1.54) is 0 Å². The minimum Gasteiger partial charge on any atom is -0.497 e. The van der Waals surface area contributed by atoms with Gasteiger partial charge >= 0.3 is 0 Å². The van der Waals surface area contributed by atoms with Crippen molar-refractivity contribution in [2.45, 2.75) is 12.8 Å². The second-order valence-electron chi connectivity index (χ2n) is 6.22. The lowest BCUT2D eigenvalue weighted by molar-refractivity contribution is -0.126. The van der Waals surface area contributed by atoms with Gasteiger partial charge in [-0.1, -0.05) is 6.07 Å². The van der Waals surface area contributed by atoms with E-state index < -0.39 is 9.84 Å². The maximum absolute atomic E-state index is 12.5. The second-order valence-corrected chi connectivity index (χ2v) is 8.48. The number of carbonyl (C=O) groups is 2. The van der Waals surface area contributed by atoms with Crippen LogP contribution in [0, 0.1) is 5.92 Å². The van der Waals surface area contributed by atoms with Crippen LogP contribution >= 0.6 is 0 Å². The van der Waals surface area contributed by atoms with Gasteiger partial charge in [-0.05, 0) is 31.0 Å². The Morgan fingerprint density at radius 2 is 1.96 bits per heavy atom. The molecule has 1 aromatic rings. The lowest BCUT2D eigenvalue weighted by atomic mass is 9.95. The molecule has 1 saturated heterocycles. The zero-order chi connectivity index (χ0) is 18.4. The number of benzene rings is 1. The molecule has 1 fully saturated rings.